The van der Waals surface area contributed by atoms with Gasteiger partial charge >= 0.3 is 0 Å². The van der Waals surface area contributed by atoms with Crippen molar-refractivity contribution >= 4 is 5.78 Å². The molecular weight excluding hydrogens is 246 g/mol. The van der Waals surface area contributed by atoms with Gasteiger partial charge in [0.05, 0.1) is 0 Å². The Hall–Kier alpha value is -1.05. The van der Waals surface area contributed by atoms with Crippen LogP contribution in [0.2, 0.25) is 0 Å². The predicted molar refractivity (Wildman–Crippen MR) is 82.2 cm³/mol. The minimum atomic E-state index is 0.124. The normalized spacial score (nSPS) is 22.9. The van der Waals surface area contributed by atoms with Gasteiger partial charge in [-0.2, -0.15) is 0 Å². The third kappa shape index (κ3) is 2.57. The van der Waals surface area contributed by atoms with Gasteiger partial charge in [0.25, 0.3) is 0 Å². The molecule has 0 atom stereocenters. The maximum atomic E-state index is 12.3. The monoisotopic (exact) mass is 273 g/mol. The van der Waals surface area contributed by atoms with Crippen LogP contribution in [0.5, 0.6) is 0 Å². The first-order chi connectivity index (χ1) is 9.46. The lowest BCUT2D eigenvalue weighted by Crippen LogP contribution is -2.29. The summed E-state index contributed by atoms with van der Waals surface area (Å²) >= 11 is 0. The number of nitrogens with zero attached hydrogens (tertiary/aromatic N) is 1. The van der Waals surface area contributed by atoms with Crippen molar-refractivity contribution in [2.45, 2.75) is 72.3 Å². The van der Waals surface area contributed by atoms with Crippen molar-refractivity contribution in [1.82, 2.24) is 4.57 Å². The molecule has 3 rings (SSSR count). The first-order valence-corrected chi connectivity index (χ1v) is 8.18. The van der Waals surface area contributed by atoms with Crippen molar-refractivity contribution in [1.29, 1.82) is 0 Å². The third-order valence-corrected chi connectivity index (χ3v) is 5.17. The first-order valence-electron chi connectivity index (χ1n) is 8.18. The molecule has 2 aliphatic rings. The Kier molecular flexibility index (Phi) is 3.51. The quantitative estimate of drug-likeness (QED) is 0.776. The highest BCUT2D eigenvalue weighted by Crippen LogP contribution is 2.37. The number of rotatable bonds is 2. The molecule has 0 bridgehead atoms. The molecule has 1 saturated carbocycles. The van der Waals surface area contributed by atoms with Gasteiger partial charge in [-0.05, 0) is 43.6 Å². The van der Waals surface area contributed by atoms with Crippen LogP contribution in [0.3, 0.4) is 0 Å². The second-order valence-electron chi connectivity index (χ2n) is 7.70. The first kappa shape index (κ1) is 13.9. The third-order valence-electron chi connectivity index (χ3n) is 5.17. The number of carbonyl (C=O) groups excluding carboxylic acids is 1. The fourth-order valence-electron chi connectivity index (χ4n) is 4.09. The summed E-state index contributed by atoms with van der Waals surface area (Å²) < 4.78 is 2.46. The number of Topliss-reactive ketones (excluding diaryl/α,β-unsaturated/α-hetero) is 1. The van der Waals surface area contributed by atoms with Crippen LogP contribution in [0, 0.1) is 18.3 Å². The second-order valence-corrected chi connectivity index (χ2v) is 7.70. The van der Waals surface area contributed by atoms with E-state index in [2.05, 4.69) is 31.4 Å². The van der Waals surface area contributed by atoms with Crippen molar-refractivity contribution < 1.29 is 4.79 Å². The Bertz CT molecular complexity index is 518. The molecule has 0 saturated heterocycles. The maximum absolute atomic E-state index is 12.3. The van der Waals surface area contributed by atoms with Gasteiger partial charge in [-0.15, -0.1) is 0 Å². The zero-order valence-corrected chi connectivity index (χ0v) is 13.2. The minimum absolute atomic E-state index is 0.124. The van der Waals surface area contributed by atoms with Gasteiger partial charge in [0, 0.05) is 29.9 Å². The summed E-state index contributed by atoms with van der Waals surface area (Å²) in [7, 11) is 0. The van der Waals surface area contributed by atoms with E-state index in [0.717, 1.165) is 24.4 Å². The van der Waals surface area contributed by atoms with E-state index in [-0.39, 0.29) is 5.41 Å². The van der Waals surface area contributed by atoms with Crippen LogP contribution >= 0.6 is 0 Å². The van der Waals surface area contributed by atoms with E-state index in [1.165, 1.54) is 43.5 Å². The van der Waals surface area contributed by atoms with Crippen LogP contribution in [-0.2, 0) is 13.0 Å². The molecule has 0 aliphatic heterocycles. The van der Waals surface area contributed by atoms with E-state index in [1.54, 1.807) is 0 Å². The number of aryl methyl sites for hydroxylation is 1. The van der Waals surface area contributed by atoms with Gasteiger partial charge in [-0.1, -0.05) is 33.1 Å². The lowest BCUT2D eigenvalue weighted by atomic mass is 9.76. The van der Waals surface area contributed by atoms with Gasteiger partial charge in [0.1, 0.15) is 0 Å². The van der Waals surface area contributed by atoms with Gasteiger partial charge in [-0.3, -0.25) is 4.79 Å². The Morgan fingerprint density at radius 2 is 1.90 bits per heavy atom. The summed E-state index contributed by atoms with van der Waals surface area (Å²) in [6, 6.07) is 2.13. The van der Waals surface area contributed by atoms with E-state index >= 15 is 0 Å². The van der Waals surface area contributed by atoms with Gasteiger partial charge in [0.15, 0.2) is 5.78 Å². The summed E-state index contributed by atoms with van der Waals surface area (Å²) in [6.45, 7) is 7.74. The largest absolute Gasteiger partial charge is 0.348 e. The molecule has 0 N–H and O–H groups in total. The Balaban J connectivity index is 1.90. The Labute approximate surface area is 122 Å². The number of aromatic nitrogens is 1. The summed E-state index contributed by atoms with van der Waals surface area (Å²) in [5, 5.41) is 0. The highest BCUT2D eigenvalue weighted by Gasteiger charge is 2.34. The molecular formula is C18H27NO. The number of hydrogen-bond donors (Lipinski definition) is 0. The molecule has 20 heavy (non-hydrogen) atoms. The maximum Gasteiger partial charge on any atom is 0.165 e. The number of hydrogen-bond acceptors (Lipinski definition) is 1. The molecule has 0 spiro atoms. The molecule has 2 aliphatic carbocycles. The van der Waals surface area contributed by atoms with Crippen LogP contribution in [0.15, 0.2) is 6.07 Å². The lowest BCUT2D eigenvalue weighted by Gasteiger charge is -2.31. The fraction of sp³-hybridized carbons (Fsp3) is 0.722. The smallest absolute Gasteiger partial charge is 0.165 e. The van der Waals surface area contributed by atoms with E-state index in [4.69, 9.17) is 0 Å². The second kappa shape index (κ2) is 5.05. The van der Waals surface area contributed by atoms with Crippen molar-refractivity contribution in [3.8, 4) is 0 Å². The average Bonchev–Trinajstić information content (AvgIpc) is 2.67. The lowest BCUT2D eigenvalue weighted by molar-refractivity contribution is 0.0909. The van der Waals surface area contributed by atoms with E-state index in [0.29, 0.717) is 12.2 Å². The topological polar surface area (TPSA) is 22.0 Å². The van der Waals surface area contributed by atoms with Crippen LogP contribution in [0.4, 0.5) is 0 Å². The van der Waals surface area contributed by atoms with Gasteiger partial charge < -0.3 is 4.57 Å². The Morgan fingerprint density at radius 1 is 1.20 bits per heavy atom. The SMILES string of the molecule is Cc1cc2c(n1CC1CCCCC1)CC(C)(C)CC2=O. The standard InChI is InChI=1S/C18H27NO/c1-13-9-15-16(10-18(2,3)11-17(15)20)19(13)12-14-7-5-4-6-8-14/h9,14H,4-8,10-12H2,1-3H3. The summed E-state index contributed by atoms with van der Waals surface area (Å²) in [4.78, 5) is 12.3. The molecule has 0 amide bonds. The number of fused-ring (bicyclic) bond motifs is 1. The molecule has 2 nitrogen and oxygen atoms in total. The van der Waals surface area contributed by atoms with Crippen molar-refractivity contribution in [3.63, 3.8) is 0 Å². The predicted octanol–water partition coefficient (Wildman–Crippen LogP) is 4.53. The van der Waals surface area contributed by atoms with E-state index < -0.39 is 0 Å². The highest BCUT2D eigenvalue weighted by atomic mass is 16.1. The highest BCUT2D eigenvalue weighted by molar-refractivity contribution is 5.99. The molecule has 1 fully saturated rings. The summed E-state index contributed by atoms with van der Waals surface area (Å²) in [5.41, 5.74) is 3.73. The number of carbonyl (C=O) groups is 1. The molecule has 0 unspecified atom stereocenters. The van der Waals surface area contributed by atoms with Crippen LogP contribution in [0.1, 0.15) is 74.1 Å². The summed E-state index contributed by atoms with van der Waals surface area (Å²) in [6.07, 6.45) is 8.66. The molecule has 0 aromatic carbocycles. The molecule has 0 radical (unpaired) electrons. The molecule has 1 aromatic rings. The van der Waals surface area contributed by atoms with Crippen molar-refractivity contribution in [2.24, 2.45) is 11.3 Å². The van der Waals surface area contributed by atoms with Crippen LogP contribution in [0.25, 0.3) is 0 Å². The molecule has 1 aromatic heterocycles. The van der Waals surface area contributed by atoms with Gasteiger partial charge in [-0.25, -0.2) is 0 Å². The fourth-order valence-corrected chi connectivity index (χ4v) is 4.09. The Morgan fingerprint density at radius 3 is 2.60 bits per heavy atom. The molecule has 2 heteroatoms. The van der Waals surface area contributed by atoms with Crippen molar-refractivity contribution in [2.75, 3.05) is 0 Å². The summed E-state index contributed by atoms with van der Waals surface area (Å²) in [5.74, 6) is 1.17. The number of ketones is 1. The van der Waals surface area contributed by atoms with Crippen LogP contribution < -0.4 is 0 Å². The molecule has 1 heterocycles. The molecule has 110 valence electrons. The van der Waals surface area contributed by atoms with E-state index in [9.17, 15) is 4.79 Å². The van der Waals surface area contributed by atoms with Crippen LogP contribution in [-0.4, -0.2) is 10.4 Å². The average molecular weight is 273 g/mol. The minimum Gasteiger partial charge on any atom is -0.348 e. The van der Waals surface area contributed by atoms with Crippen molar-refractivity contribution in [3.05, 3.63) is 23.0 Å². The zero-order valence-electron chi connectivity index (χ0n) is 13.2. The zero-order chi connectivity index (χ0) is 14.3. The van der Waals surface area contributed by atoms with E-state index in [1.807, 2.05) is 0 Å². The van der Waals surface area contributed by atoms with Gasteiger partial charge in [0.2, 0.25) is 0 Å².